The fourth-order valence-corrected chi connectivity index (χ4v) is 5.88. The molecule has 2 unspecified atom stereocenters. The lowest BCUT2D eigenvalue weighted by Crippen LogP contribution is -2.44. The van der Waals surface area contributed by atoms with E-state index < -0.39 is 41.5 Å². The lowest BCUT2D eigenvalue weighted by Gasteiger charge is -2.33. The van der Waals surface area contributed by atoms with Crippen molar-refractivity contribution in [3.63, 3.8) is 0 Å². The Morgan fingerprint density at radius 3 is 2.64 bits per heavy atom. The van der Waals surface area contributed by atoms with E-state index in [4.69, 9.17) is 11.6 Å². The molecule has 2 aliphatic carbocycles. The summed E-state index contributed by atoms with van der Waals surface area (Å²) >= 11 is 5.85. The Hall–Kier alpha value is -3.24. The molecule has 2 aromatic rings. The molecule has 1 aliphatic heterocycles. The Bertz CT molecular complexity index is 1360. The van der Waals surface area contributed by atoms with Gasteiger partial charge in [0.25, 0.3) is 18.2 Å². The molecule has 0 spiro atoms. The number of alkyl halides is 3. The molecular formula is C28H26ClF4N3O3. The van der Waals surface area contributed by atoms with Crippen molar-refractivity contribution >= 4 is 23.4 Å². The first kappa shape index (κ1) is 27.3. The van der Waals surface area contributed by atoms with Gasteiger partial charge in [0.1, 0.15) is 17.7 Å². The molecule has 0 saturated heterocycles. The molecule has 3 aliphatic rings. The topological polar surface area (TPSA) is 82.5 Å². The quantitative estimate of drug-likeness (QED) is 0.462. The van der Waals surface area contributed by atoms with Crippen LogP contribution < -0.4 is 5.32 Å². The molecule has 5 rings (SSSR count). The van der Waals surface area contributed by atoms with Gasteiger partial charge in [0.15, 0.2) is 5.60 Å². The van der Waals surface area contributed by atoms with E-state index in [1.165, 1.54) is 35.3 Å². The first-order chi connectivity index (χ1) is 18.6. The molecule has 2 amide bonds. The lowest BCUT2D eigenvalue weighted by atomic mass is 9.84. The maximum atomic E-state index is 15.1. The third kappa shape index (κ3) is 4.96. The van der Waals surface area contributed by atoms with E-state index in [2.05, 4.69) is 10.3 Å². The minimum absolute atomic E-state index is 0.0354. The van der Waals surface area contributed by atoms with Crippen LogP contribution in [0.4, 0.5) is 17.6 Å². The van der Waals surface area contributed by atoms with Crippen LogP contribution in [-0.2, 0) is 10.4 Å². The molecule has 0 bridgehead atoms. The van der Waals surface area contributed by atoms with Gasteiger partial charge in [0.05, 0.1) is 16.3 Å². The minimum Gasteiger partial charge on any atom is -0.372 e. The smallest absolute Gasteiger partial charge is 0.281 e. The van der Waals surface area contributed by atoms with E-state index in [1.54, 1.807) is 0 Å². The number of aromatic nitrogens is 1. The molecule has 1 saturated carbocycles. The first-order valence-electron chi connectivity index (χ1n) is 12.7. The van der Waals surface area contributed by atoms with Crippen molar-refractivity contribution in [2.45, 2.75) is 56.3 Å². The maximum absolute atomic E-state index is 15.1. The van der Waals surface area contributed by atoms with Gasteiger partial charge in [-0.25, -0.2) is 17.6 Å². The molecule has 0 radical (unpaired) electrons. The van der Waals surface area contributed by atoms with Crippen LogP contribution in [0.5, 0.6) is 0 Å². The number of pyridine rings is 1. The highest BCUT2D eigenvalue weighted by Crippen LogP contribution is 2.47. The molecule has 6 nitrogen and oxygen atoms in total. The van der Waals surface area contributed by atoms with Crippen molar-refractivity contribution < 1.29 is 32.3 Å². The van der Waals surface area contributed by atoms with E-state index in [0.29, 0.717) is 25.7 Å². The van der Waals surface area contributed by atoms with E-state index >= 15 is 4.39 Å². The normalized spacial score (nSPS) is 26.8. The number of hydrogen-bond donors (Lipinski definition) is 2. The lowest BCUT2D eigenvalue weighted by molar-refractivity contribution is -0.144. The molecule has 2 atom stereocenters. The Morgan fingerprint density at radius 2 is 1.95 bits per heavy atom. The van der Waals surface area contributed by atoms with Gasteiger partial charge < -0.3 is 15.3 Å². The second kappa shape index (κ2) is 10.7. The average molecular weight is 564 g/mol. The van der Waals surface area contributed by atoms with Gasteiger partial charge in [-0.15, -0.1) is 0 Å². The Morgan fingerprint density at radius 1 is 1.23 bits per heavy atom. The largest absolute Gasteiger partial charge is 0.372 e. The molecule has 206 valence electrons. The number of aliphatic hydroxyl groups is 1. The highest BCUT2D eigenvalue weighted by Gasteiger charge is 2.55. The van der Waals surface area contributed by atoms with Crippen LogP contribution in [-0.4, -0.2) is 45.6 Å². The van der Waals surface area contributed by atoms with E-state index in [1.807, 2.05) is 0 Å². The second-order valence-corrected chi connectivity index (χ2v) is 10.5. The highest BCUT2D eigenvalue weighted by molar-refractivity contribution is 6.30. The zero-order chi connectivity index (χ0) is 27.9. The second-order valence-electron chi connectivity index (χ2n) is 10.1. The summed E-state index contributed by atoms with van der Waals surface area (Å²) in [7, 11) is 0. The van der Waals surface area contributed by atoms with Crippen molar-refractivity contribution in [2.24, 2.45) is 5.92 Å². The standard InChI is InChI=1S/C28H26ClF4N3O3/c29-16-12-18(23(25(32)33)34-13-16)26(37)35-17-10-8-15(9-11-17)14-36-24-20(5-3-7-22(24)31)28(39,27(36)38)19-4-1-2-6-21(19)30/h1-6,12-13,15,17,22,25,39H,7-11,14H2,(H,35,37). The van der Waals surface area contributed by atoms with Gasteiger partial charge in [-0.1, -0.05) is 42.0 Å². The van der Waals surface area contributed by atoms with Gasteiger partial charge >= 0.3 is 0 Å². The van der Waals surface area contributed by atoms with Crippen LogP contribution in [0.3, 0.4) is 0 Å². The summed E-state index contributed by atoms with van der Waals surface area (Å²) in [5.41, 5.74) is -3.39. The van der Waals surface area contributed by atoms with Gasteiger partial charge in [0, 0.05) is 36.3 Å². The third-order valence-electron chi connectivity index (χ3n) is 7.66. The average Bonchev–Trinajstić information content (AvgIpc) is 3.13. The van der Waals surface area contributed by atoms with Crippen LogP contribution in [0.2, 0.25) is 5.02 Å². The Kier molecular flexibility index (Phi) is 7.52. The van der Waals surface area contributed by atoms with Crippen molar-refractivity contribution in [3.05, 3.63) is 87.6 Å². The number of benzene rings is 1. The number of nitrogens with one attached hydrogen (secondary N) is 1. The Balaban J connectivity index is 1.29. The number of nitrogens with zero attached hydrogens (tertiary/aromatic N) is 2. The molecule has 2 N–H and O–H groups in total. The number of carbonyl (C=O) groups excluding carboxylic acids is 2. The van der Waals surface area contributed by atoms with Crippen molar-refractivity contribution in [2.75, 3.05) is 6.54 Å². The highest BCUT2D eigenvalue weighted by atomic mass is 35.5. The molecule has 1 aromatic carbocycles. The van der Waals surface area contributed by atoms with Crippen LogP contribution in [0, 0.1) is 11.7 Å². The van der Waals surface area contributed by atoms with Crippen LogP contribution in [0.1, 0.15) is 60.1 Å². The predicted octanol–water partition coefficient (Wildman–Crippen LogP) is 5.38. The molecule has 2 heterocycles. The SMILES string of the molecule is O=C(NC1CCC(CN2C(=O)C(O)(c3ccccc3F)C3=C2C(F)CC=C3)CC1)c1cc(Cl)cnc1C(F)F. The summed E-state index contributed by atoms with van der Waals surface area (Å²) in [5, 5.41) is 14.4. The Labute approximate surface area is 227 Å². The molecule has 11 heteroatoms. The van der Waals surface area contributed by atoms with Crippen molar-refractivity contribution in [1.29, 1.82) is 0 Å². The van der Waals surface area contributed by atoms with Crippen LogP contribution in [0.25, 0.3) is 0 Å². The van der Waals surface area contributed by atoms with Crippen LogP contribution in [0.15, 0.2) is 60.0 Å². The summed E-state index contributed by atoms with van der Waals surface area (Å²) < 4.78 is 56.5. The number of carbonyl (C=O) groups is 2. The molecule has 1 aromatic heterocycles. The van der Waals surface area contributed by atoms with Crippen LogP contribution >= 0.6 is 11.6 Å². The van der Waals surface area contributed by atoms with E-state index in [-0.39, 0.29) is 52.3 Å². The number of hydrogen-bond acceptors (Lipinski definition) is 4. The van der Waals surface area contributed by atoms with Gasteiger partial charge in [-0.3, -0.25) is 14.6 Å². The van der Waals surface area contributed by atoms with E-state index in [0.717, 1.165) is 18.3 Å². The number of halogens is 5. The first-order valence-corrected chi connectivity index (χ1v) is 13.1. The maximum Gasteiger partial charge on any atom is 0.281 e. The zero-order valence-corrected chi connectivity index (χ0v) is 21.5. The minimum atomic E-state index is -2.94. The third-order valence-corrected chi connectivity index (χ3v) is 7.86. The summed E-state index contributed by atoms with van der Waals surface area (Å²) in [5.74, 6) is -2.34. The van der Waals surface area contributed by atoms with Gasteiger partial charge in [-0.2, -0.15) is 0 Å². The number of rotatable bonds is 6. The monoisotopic (exact) mass is 563 g/mol. The van der Waals surface area contributed by atoms with Crippen molar-refractivity contribution in [3.8, 4) is 0 Å². The number of amides is 2. The van der Waals surface area contributed by atoms with E-state index in [9.17, 15) is 27.9 Å². The van der Waals surface area contributed by atoms with Crippen molar-refractivity contribution in [1.82, 2.24) is 15.2 Å². The number of allylic oxidation sites excluding steroid dienone is 2. The fraction of sp³-hybridized carbons (Fsp3) is 0.393. The van der Waals surface area contributed by atoms with Gasteiger partial charge in [0.2, 0.25) is 0 Å². The summed E-state index contributed by atoms with van der Waals surface area (Å²) in [6.45, 7) is 0.122. The molecule has 39 heavy (non-hydrogen) atoms. The fourth-order valence-electron chi connectivity index (χ4n) is 5.72. The molecule has 1 fully saturated rings. The predicted molar refractivity (Wildman–Crippen MR) is 135 cm³/mol. The molecular weight excluding hydrogens is 538 g/mol. The van der Waals surface area contributed by atoms with Gasteiger partial charge in [-0.05, 0) is 43.7 Å². The zero-order valence-electron chi connectivity index (χ0n) is 20.7. The summed E-state index contributed by atoms with van der Waals surface area (Å²) in [6, 6.07) is 6.26. The summed E-state index contributed by atoms with van der Waals surface area (Å²) in [4.78, 5) is 31.1. The summed E-state index contributed by atoms with van der Waals surface area (Å²) in [6.07, 6.45) is 1.74.